The molecule has 4 nitrogen and oxygen atoms in total. The van der Waals surface area contributed by atoms with Crippen molar-refractivity contribution in [3.8, 4) is 0 Å². The Morgan fingerprint density at radius 3 is 2.61 bits per heavy atom. The molecule has 2 atom stereocenters. The number of amides is 1. The van der Waals surface area contributed by atoms with Crippen LogP contribution in [-0.4, -0.2) is 53.1 Å². The zero-order valence-electron chi connectivity index (χ0n) is 10.9. The van der Waals surface area contributed by atoms with Gasteiger partial charge in [0.05, 0.1) is 6.61 Å². The quantitative estimate of drug-likeness (QED) is 0.857. The van der Waals surface area contributed by atoms with E-state index >= 15 is 0 Å². The lowest BCUT2D eigenvalue weighted by atomic mass is 10.1. The van der Waals surface area contributed by atoms with Gasteiger partial charge in [-0.25, -0.2) is 0 Å². The minimum Gasteiger partial charge on any atom is -0.394 e. The highest BCUT2D eigenvalue weighted by Crippen LogP contribution is 2.18. The van der Waals surface area contributed by atoms with Gasteiger partial charge in [-0.05, 0) is 19.5 Å². The second kappa shape index (κ2) is 5.50. The Morgan fingerprint density at radius 1 is 1.33 bits per heavy atom. The van der Waals surface area contributed by atoms with Crippen LogP contribution in [0.5, 0.6) is 0 Å². The van der Waals surface area contributed by atoms with Crippen molar-refractivity contribution in [1.82, 2.24) is 9.80 Å². The standard InChI is InChI=1S/C14H20N2O2/c1-11-8-15(2)13(10-17)14(18)16(11)9-12-6-4-3-5-7-12/h3-7,11,13,17H,8-10H2,1-2H3. The first-order valence-electron chi connectivity index (χ1n) is 6.29. The Bertz CT molecular complexity index is 408. The predicted molar refractivity (Wildman–Crippen MR) is 70.0 cm³/mol. The summed E-state index contributed by atoms with van der Waals surface area (Å²) in [4.78, 5) is 16.1. The molecule has 1 N–H and O–H groups in total. The van der Waals surface area contributed by atoms with Crippen LogP contribution in [0.4, 0.5) is 0 Å². The van der Waals surface area contributed by atoms with Crippen molar-refractivity contribution < 1.29 is 9.90 Å². The molecular formula is C14H20N2O2. The molecule has 1 fully saturated rings. The van der Waals surface area contributed by atoms with Crippen LogP contribution in [0.15, 0.2) is 30.3 Å². The third kappa shape index (κ3) is 2.54. The van der Waals surface area contributed by atoms with Crippen LogP contribution in [0.25, 0.3) is 0 Å². The Morgan fingerprint density at radius 2 is 2.00 bits per heavy atom. The number of likely N-dealkylation sites (N-methyl/N-ethyl adjacent to an activating group) is 1. The van der Waals surface area contributed by atoms with Gasteiger partial charge in [-0.3, -0.25) is 9.69 Å². The lowest BCUT2D eigenvalue weighted by Gasteiger charge is -2.42. The average molecular weight is 248 g/mol. The van der Waals surface area contributed by atoms with E-state index in [1.165, 1.54) is 0 Å². The number of benzene rings is 1. The Hall–Kier alpha value is -1.39. The first-order valence-corrected chi connectivity index (χ1v) is 6.29. The summed E-state index contributed by atoms with van der Waals surface area (Å²) in [5.74, 6) is 0.0163. The van der Waals surface area contributed by atoms with Crippen LogP contribution in [0, 0.1) is 0 Å². The minimum absolute atomic E-state index is 0.0163. The number of piperazine rings is 1. The summed E-state index contributed by atoms with van der Waals surface area (Å²) >= 11 is 0. The predicted octanol–water partition coefficient (Wildman–Crippen LogP) is 0.710. The third-order valence-corrected chi connectivity index (χ3v) is 3.55. The second-order valence-electron chi connectivity index (χ2n) is 4.94. The smallest absolute Gasteiger partial charge is 0.242 e. The van der Waals surface area contributed by atoms with E-state index in [2.05, 4.69) is 0 Å². The maximum absolute atomic E-state index is 12.3. The molecule has 2 rings (SSSR count). The van der Waals surface area contributed by atoms with Crippen LogP contribution in [0.1, 0.15) is 12.5 Å². The lowest BCUT2D eigenvalue weighted by Crippen LogP contribution is -2.60. The number of nitrogens with zero attached hydrogens (tertiary/aromatic N) is 2. The van der Waals surface area contributed by atoms with Gasteiger partial charge in [0.1, 0.15) is 6.04 Å². The number of carbonyl (C=O) groups excluding carboxylic acids is 1. The van der Waals surface area contributed by atoms with Crippen molar-refractivity contribution in [3.63, 3.8) is 0 Å². The summed E-state index contributed by atoms with van der Waals surface area (Å²) in [5, 5.41) is 9.31. The zero-order valence-corrected chi connectivity index (χ0v) is 10.9. The Balaban J connectivity index is 2.13. The molecule has 1 aromatic rings. The molecular weight excluding hydrogens is 228 g/mol. The first-order chi connectivity index (χ1) is 8.63. The van der Waals surface area contributed by atoms with E-state index in [-0.39, 0.29) is 18.6 Å². The molecule has 1 amide bonds. The topological polar surface area (TPSA) is 43.8 Å². The largest absolute Gasteiger partial charge is 0.394 e. The monoisotopic (exact) mass is 248 g/mol. The Kier molecular flexibility index (Phi) is 3.99. The number of rotatable bonds is 3. The molecule has 1 saturated heterocycles. The van der Waals surface area contributed by atoms with Crippen molar-refractivity contribution in [2.75, 3.05) is 20.2 Å². The molecule has 1 aliphatic rings. The van der Waals surface area contributed by atoms with E-state index in [9.17, 15) is 9.90 Å². The molecule has 0 aliphatic carbocycles. The van der Waals surface area contributed by atoms with Crippen LogP contribution < -0.4 is 0 Å². The highest BCUT2D eigenvalue weighted by molar-refractivity contribution is 5.83. The van der Waals surface area contributed by atoms with Gasteiger partial charge in [0, 0.05) is 19.1 Å². The van der Waals surface area contributed by atoms with Gasteiger partial charge >= 0.3 is 0 Å². The molecule has 1 aliphatic heterocycles. The average Bonchev–Trinajstić information content (AvgIpc) is 2.36. The van der Waals surface area contributed by atoms with Crippen molar-refractivity contribution >= 4 is 5.91 Å². The molecule has 0 saturated carbocycles. The maximum atomic E-state index is 12.3. The maximum Gasteiger partial charge on any atom is 0.242 e. The van der Waals surface area contributed by atoms with Crippen LogP contribution in [0.3, 0.4) is 0 Å². The SMILES string of the molecule is CC1CN(C)C(CO)C(=O)N1Cc1ccccc1. The third-order valence-electron chi connectivity index (χ3n) is 3.55. The molecule has 1 heterocycles. The van der Waals surface area contributed by atoms with E-state index < -0.39 is 6.04 Å². The minimum atomic E-state index is -0.398. The fraction of sp³-hybridized carbons (Fsp3) is 0.500. The van der Waals surface area contributed by atoms with Crippen molar-refractivity contribution in [3.05, 3.63) is 35.9 Å². The van der Waals surface area contributed by atoms with Gasteiger partial charge in [-0.2, -0.15) is 0 Å². The van der Waals surface area contributed by atoms with Crippen molar-refractivity contribution in [2.24, 2.45) is 0 Å². The molecule has 98 valence electrons. The van der Waals surface area contributed by atoms with Crippen LogP contribution >= 0.6 is 0 Å². The summed E-state index contributed by atoms with van der Waals surface area (Å²) in [6.07, 6.45) is 0. The number of carbonyl (C=O) groups is 1. The molecule has 2 unspecified atom stereocenters. The molecule has 0 bridgehead atoms. The van der Waals surface area contributed by atoms with E-state index in [1.807, 2.05) is 54.1 Å². The molecule has 0 radical (unpaired) electrons. The molecule has 4 heteroatoms. The Labute approximate surface area is 108 Å². The molecule has 0 aromatic heterocycles. The van der Waals surface area contributed by atoms with Gasteiger partial charge < -0.3 is 10.0 Å². The van der Waals surface area contributed by atoms with Gasteiger partial charge in [0.25, 0.3) is 0 Å². The van der Waals surface area contributed by atoms with Crippen molar-refractivity contribution in [2.45, 2.75) is 25.6 Å². The highest BCUT2D eigenvalue weighted by Gasteiger charge is 2.36. The van der Waals surface area contributed by atoms with Gasteiger partial charge in [-0.1, -0.05) is 30.3 Å². The first kappa shape index (κ1) is 13.1. The summed E-state index contributed by atoms with van der Waals surface area (Å²) in [6.45, 7) is 3.34. The normalized spacial score (nSPS) is 25.5. The fourth-order valence-electron chi connectivity index (χ4n) is 2.47. The molecule has 1 aromatic carbocycles. The summed E-state index contributed by atoms with van der Waals surface area (Å²) < 4.78 is 0. The highest BCUT2D eigenvalue weighted by atomic mass is 16.3. The summed E-state index contributed by atoms with van der Waals surface area (Å²) in [5.41, 5.74) is 1.12. The van der Waals surface area contributed by atoms with E-state index in [1.54, 1.807) is 0 Å². The number of hydrogen-bond acceptors (Lipinski definition) is 3. The summed E-state index contributed by atoms with van der Waals surface area (Å²) in [7, 11) is 1.88. The molecule has 0 spiro atoms. The molecule has 18 heavy (non-hydrogen) atoms. The fourth-order valence-corrected chi connectivity index (χ4v) is 2.47. The van der Waals surface area contributed by atoms with E-state index in [0.29, 0.717) is 6.54 Å². The van der Waals surface area contributed by atoms with Crippen LogP contribution in [-0.2, 0) is 11.3 Å². The number of aliphatic hydroxyl groups is 1. The second-order valence-corrected chi connectivity index (χ2v) is 4.94. The van der Waals surface area contributed by atoms with E-state index in [4.69, 9.17) is 0 Å². The summed E-state index contributed by atoms with van der Waals surface area (Å²) in [6, 6.07) is 9.73. The van der Waals surface area contributed by atoms with E-state index in [0.717, 1.165) is 12.1 Å². The van der Waals surface area contributed by atoms with Gasteiger partial charge in [0.15, 0.2) is 0 Å². The van der Waals surface area contributed by atoms with Gasteiger partial charge in [0.2, 0.25) is 5.91 Å². The van der Waals surface area contributed by atoms with Gasteiger partial charge in [-0.15, -0.1) is 0 Å². The zero-order chi connectivity index (χ0) is 13.1. The number of aliphatic hydroxyl groups excluding tert-OH is 1. The number of hydrogen-bond donors (Lipinski definition) is 1. The lowest BCUT2D eigenvalue weighted by molar-refractivity contribution is -0.147. The van der Waals surface area contributed by atoms with Crippen LogP contribution in [0.2, 0.25) is 0 Å². The van der Waals surface area contributed by atoms with Crippen molar-refractivity contribution in [1.29, 1.82) is 0 Å².